The molecule has 0 radical (unpaired) electrons. The average molecular weight is 326 g/mol. The van der Waals surface area contributed by atoms with Crippen molar-refractivity contribution in [3.8, 4) is 0 Å². The zero-order valence-corrected chi connectivity index (χ0v) is 13.8. The van der Waals surface area contributed by atoms with Gasteiger partial charge in [-0.25, -0.2) is 4.68 Å². The predicted molar refractivity (Wildman–Crippen MR) is 89.5 cm³/mol. The first-order chi connectivity index (χ1) is 11.6. The first-order valence-electron chi connectivity index (χ1n) is 8.61. The number of benzene rings is 1. The topological polar surface area (TPSA) is 71.2 Å². The summed E-state index contributed by atoms with van der Waals surface area (Å²) < 4.78 is 1.63. The molecule has 1 aliphatic carbocycles. The summed E-state index contributed by atoms with van der Waals surface area (Å²) in [5.41, 5.74) is 2.68. The zero-order valence-electron chi connectivity index (χ0n) is 13.8. The van der Waals surface area contributed by atoms with Gasteiger partial charge in [0.2, 0.25) is 0 Å². The van der Waals surface area contributed by atoms with Crippen LogP contribution in [-0.2, 0) is 4.79 Å². The second-order valence-corrected chi connectivity index (χ2v) is 6.89. The third-order valence-electron chi connectivity index (χ3n) is 4.97. The number of amides is 1. The highest BCUT2D eigenvalue weighted by Gasteiger charge is 2.35. The predicted octanol–water partition coefficient (Wildman–Crippen LogP) is 2.40. The van der Waals surface area contributed by atoms with Crippen molar-refractivity contribution in [1.29, 1.82) is 0 Å². The molecule has 2 atom stereocenters. The van der Waals surface area contributed by atoms with E-state index in [4.69, 9.17) is 0 Å². The number of nitrogens with zero attached hydrogens (tertiary/aromatic N) is 4. The summed E-state index contributed by atoms with van der Waals surface area (Å²) in [6.07, 6.45) is 4.94. The Morgan fingerprint density at radius 3 is 2.67 bits per heavy atom. The van der Waals surface area contributed by atoms with E-state index in [9.17, 15) is 9.90 Å². The van der Waals surface area contributed by atoms with Crippen molar-refractivity contribution < 1.29 is 9.90 Å². The minimum absolute atomic E-state index is 0.0439. The van der Waals surface area contributed by atoms with E-state index in [1.165, 1.54) is 5.56 Å². The molecule has 24 heavy (non-hydrogen) atoms. The minimum atomic E-state index is -0.550. The smallest absolute Gasteiger partial charge is 0.251 e. The SMILES string of the molecule is Cc1ccc(N2CCCC(n3cc(C(O)C4CC4)nn3)C2=O)cc1. The molecule has 0 spiro atoms. The van der Waals surface area contributed by atoms with Gasteiger partial charge < -0.3 is 10.0 Å². The molecule has 6 heteroatoms. The summed E-state index contributed by atoms with van der Waals surface area (Å²) in [6.45, 7) is 2.76. The lowest BCUT2D eigenvalue weighted by atomic mass is 10.0. The Balaban J connectivity index is 1.54. The number of anilines is 1. The highest BCUT2D eigenvalue weighted by atomic mass is 16.3. The number of carbonyl (C=O) groups excluding carboxylic acids is 1. The number of aliphatic hydroxyl groups excluding tert-OH is 1. The van der Waals surface area contributed by atoms with Crippen molar-refractivity contribution in [2.75, 3.05) is 11.4 Å². The van der Waals surface area contributed by atoms with Gasteiger partial charge in [-0.05, 0) is 50.7 Å². The fourth-order valence-corrected chi connectivity index (χ4v) is 3.31. The Labute approximate surface area is 141 Å². The van der Waals surface area contributed by atoms with Gasteiger partial charge in [-0.15, -0.1) is 5.10 Å². The van der Waals surface area contributed by atoms with Crippen molar-refractivity contribution in [3.05, 3.63) is 41.7 Å². The van der Waals surface area contributed by atoms with Gasteiger partial charge in [0.25, 0.3) is 5.91 Å². The van der Waals surface area contributed by atoms with Crippen LogP contribution >= 0.6 is 0 Å². The first kappa shape index (κ1) is 15.3. The Bertz CT molecular complexity index is 736. The number of hydrogen-bond donors (Lipinski definition) is 1. The van der Waals surface area contributed by atoms with Gasteiger partial charge in [0, 0.05) is 12.2 Å². The minimum Gasteiger partial charge on any atom is -0.386 e. The van der Waals surface area contributed by atoms with Crippen molar-refractivity contribution in [2.45, 2.75) is 44.8 Å². The second-order valence-electron chi connectivity index (χ2n) is 6.89. The van der Waals surface area contributed by atoms with Gasteiger partial charge in [-0.2, -0.15) is 0 Å². The van der Waals surface area contributed by atoms with E-state index in [-0.39, 0.29) is 11.9 Å². The fourth-order valence-electron chi connectivity index (χ4n) is 3.31. The molecule has 0 bridgehead atoms. The molecule has 126 valence electrons. The number of rotatable bonds is 4. The van der Waals surface area contributed by atoms with E-state index in [1.807, 2.05) is 36.1 Å². The quantitative estimate of drug-likeness (QED) is 0.936. The highest BCUT2D eigenvalue weighted by Crippen LogP contribution is 2.40. The lowest BCUT2D eigenvalue weighted by Gasteiger charge is -2.32. The van der Waals surface area contributed by atoms with Gasteiger partial charge in [0.05, 0.1) is 6.20 Å². The monoisotopic (exact) mass is 326 g/mol. The van der Waals surface area contributed by atoms with Crippen LogP contribution in [0.15, 0.2) is 30.5 Å². The Morgan fingerprint density at radius 1 is 1.21 bits per heavy atom. The molecule has 1 aromatic carbocycles. The molecule has 2 fully saturated rings. The number of hydrogen-bond acceptors (Lipinski definition) is 4. The lowest BCUT2D eigenvalue weighted by molar-refractivity contribution is -0.123. The average Bonchev–Trinajstić information content (AvgIpc) is 3.33. The molecule has 1 saturated heterocycles. The van der Waals surface area contributed by atoms with E-state index in [0.717, 1.165) is 37.9 Å². The molecule has 1 amide bonds. The Hall–Kier alpha value is -2.21. The van der Waals surface area contributed by atoms with Crippen LogP contribution in [0.4, 0.5) is 5.69 Å². The van der Waals surface area contributed by atoms with Crippen LogP contribution in [-0.4, -0.2) is 32.6 Å². The maximum absolute atomic E-state index is 12.9. The van der Waals surface area contributed by atoms with Crippen LogP contribution in [0.2, 0.25) is 0 Å². The van der Waals surface area contributed by atoms with Crippen molar-refractivity contribution in [3.63, 3.8) is 0 Å². The fraction of sp³-hybridized carbons (Fsp3) is 0.500. The highest BCUT2D eigenvalue weighted by molar-refractivity contribution is 5.96. The van der Waals surface area contributed by atoms with Crippen LogP contribution < -0.4 is 4.90 Å². The Kier molecular flexibility index (Phi) is 3.84. The molecule has 1 aliphatic heterocycles. The number of aromatic nitrogens is 3. The Morgan fingerprint density at radius 2 is 1.96 bits per heavy atom. The second kappa shape index (κ2) is 6.02. The van der Waals surface area contributed by atoms with E-state index < -0.39 is 6.10 Å². The third-order valence-corrected chi connectivity index (χ3v) is 4.97. The van der Waals surface area contributed by atoms with Gasteiger partial charge in [0.1, 0.15) is 17.8 Å². The molecule has 2 aliphatic rings. The molecule has 1 saturated carbocycles. The molecular formula is C18H22N4O2. The van der Waals surface area contributed by atoms with Crippen LogP contribution in [0.1, 0.15) is 49.1 Å². The first-order valence-corrected chi connectivity index (χ1v) is 8.61. The molecule has 2 unspecified atom stereocenters. The summed E-state index contributed by atoms with van der Waals surface area (Å²) in [4.78, 5) is 14.7. The van der Waals surface area contributed by atoms with Crippen molar-refractivity contribution in [1.82, 2.24) is 15.0 Å². The third kappa shape index (κ3) is 2.82. The molecule has 6 nitrogen and oxygen atoms in total. The molecule has 2 heterocycles. The van der Waals surface area contributed by atoms with Gasteiger partial charge in [-0.3, -0.25) is 4.79 Å². The summed E-state index contributed by atoms with van der Waals surface area (Å²) >= 11 is 0. The molecule has 1 aromatic heterocycles. The molecule has 4 rings (SSSR count). The number of piperidine rings is 1. The van der Waals surface area contributed by atoms with Crippen LogP contribution in [0.25, 0.3) is 0 Å². The van der Waals surface area contributed by atoms with E-state index in [0.29, 0.717) is 11.6 Å². The van der Waals surface area contributed by atoms with E-state index in [1.54, 1.807) is 10.9 Å². The summed E-state index contributed by atoms with van der Waals surface area (Å²) in [5.74, 6) is 0.351. The zero-order chi connectivity index (χ0) is 16.7. The van der Waals surface area contributed by atoms with Crippen LogP contribution in [0, 0.1) is 12.8 Å². The molecule has 2 aromatic rings. The number of aliphatic hydroxyl groups is 1. The number of aryl methyl sites for hydroxylation is 1. The maximum atomic E-state index is 12.9. The largest absolute Gasteiger partial charge is 0.386 e. The van der Waals surface area contributed by atoms with Gasteiger partial charge >= 0.3 is 0 Å². The van der Waals surface area contributed by atoms with Crippen molar-refractivity contribution in [2.24, 2.45) is 5.92 Å². The number of carbonyl (C=O) groups is 1. The van der Waals surface area contributed by atoms with Crippen LogP contribution in [0.5, 0.6) is 0 Å². The molecule has 1 N–H and O–H groups in total. The van der Waals surface area contributed by atoms with Gasteiger partial charge in [0.15, 0.2) is 0 Å². The van der Waals surface area contributed by atoms with Crippen LogP contribution in [0.3, 0.4) is 0 Å². The van der Waals surface area contributed by atoms with E-state index >= 15 is 0 Å². The standard InChI is InChI=1S/C18H22N4O2/c1-12-4-8-14(9-5-12)21-10-2-3-16(18(21)24)22-11-15(19-20-22)17(23)13-6-7-13/h4-5,8-9,11,13,16-17,23H,2-3,6-7,10H2,1H3. The summed E-state index contributed by atoms with van der Waals surface area (Å²) in [6, 6.07) is 7.67. The lowest BCUT2D eigenvalue weighted by Crippen LogP contribution is -2.42. The van der Waals surface area contributed by atoms with Crippen molar-refractivity contribution >= 4 is 11.6 Å². The summed E-state index contributed by atoms with van der Waals surface area (Å²) in [5, 5.41) is 18.4. The molecular weight excluding hydrogens is 304 g/mol. The maximum Gasteiger partial charge on any atom is 0.251 e. The van der Waals surface area contributed by atoms with Gasteiger partial charge in [-0.1, -0.05) is 22.9 Å². The normalized spacial score (nSPS) is 22.7. The van der Waals surface area contributed by atoms with E-state index in [2.05, 4.69) is 10.3 Å². The summed E-state index contributed by atoms with van der Waals surface area (Å²) in [7, 11) is 0.